The molecule has 122 valence electrons. The van der Waals surface area contributed by atoms with Gasteiger partial charge in [0.1, 0.15) is 11.5 Å². The van der Waals surface area contributed by atoms with Crippen LogP contribution in [0, 0.1) is 0 Å². The first-order chi connectivity index (χ1) is 10.7. The third kappa shape index (κ3) is 4.80. The maximum atomic E-state index is 11.9. The first-order valence-electron chi connectivity index (χ1n) is 7.72. The Kier molecular flexibility index (Phi) is 6.33. The van der Waals surface area contributed by atoms with Crippen molar-refractivity contribution in [1.82, 2.24) is 10.2 Å². The lowest BCUT2D eigenvalue weighted by molar-refractivity contribution is 0.224. The summed E-state index contributed by atoms with van der Waals surface area (Å²) in [7, 11) is 3.16. The van der Waals surface area contributed by atoms with Crippen LogP contribution in [0.2, 0.25) is 0 Å². The Morgan fingerprint density at radius 3 is 2.64 bits per heavy atom. The molecule has 1 aromatic rings. The quantitative estimate of drug-likeness (QED) is 0.846. The second kappa shape index (κ2) is 8.48. The molecule has 6 nitrogen and oxygen atoms in total. The summed E-state index contributed by atoms with van der Waals surface area (Å²) >= 11 is 0. The average molecular weight is 307 g/mol. The van der Waals surface area contributed by atoms with E-state index in [-0.39, 0.29) is 6.03 Å². The summed E-state index contributed by atoms with van der Waals surface area (Å²) in [5.41, 5.74) is 0.624. The molecule has 2 rings (SSSR count). The fraction of sp³-hybridized carbons (Fsp3) is 0.562. The normalized spacial score (nSPS) is 15.2. The van der Waals surface area contributed by atoms with Gasteiger partial charge in [0.15, 0.2) is 0 Å². The van der Waals surface area contributed by atoms with Gasteiger partial charge in [0.2, 0.25) is 0 Å². The number of nitrogens with zero attached hydrogens (tertiary/aromatic N) is 1. The molecule has 1 fully saturated rings. The van der Waals surface area contributed by atoms with Crippen molar-refractivity contribution in [2.45, 2.75) is 19.3 Å². The number of carbonyl (C=O) groups is 1. The summed E-state index contributed by atoms with van der Waals surface area (Å²) in [6.07, 6.45) is 3.84. The third-order valence-corrected chi connectivity index (χ3v) is 3.82. The third-order valence-electron chi connectivity index (χ3n) is 3.82. The fourth-order valence-electron chi connectivity index (χ4n) is 2.58. The maximum Gasteiger partial charge on any atom is 0.319 e. The van der Waals surface area contributed by atoms with Crippen molar-refractivity contribution >= 4 is 11.7 Å². The van der Waals surface area contributed by atoms with Gasteiger partial charge in [-0.15, -0.1) is 0 Å². The molecule has 1 aliphatic heterocycles. The zero-order valence-corrected chi connectivity index (χ0v) is 13.4. The summed E-state index contributed by atoms with van der Waals surface area (Å²) in [5.74, 6) is 1.26. The summed E-state index contributed by atoms with van der Waals surface area (Å²) in [6, 6.07) is 5.07. The Hall–Kier alpha value is -1.95. The van der Waals surface area contributed by atoms with Crippen molar-refractivity contribution in [3.63, 3.8) is 0 Å². The number of rotatable bonds is 6. The highest BCUT2D eigenvalue weighted by molar-refractivity contribution is 5.91. The summed E-state index contributed by atoms with van der Waals surface area (Å²) in [5, 5.41) is 5.68. The van der Waals surface area contributed by atoms with Crippen LogP contribution in [-0.2, 0) is 0 Å². The van der Waals surface area contributed by atoms with Crippen molar-refractivity contribution < 1.29 is 14.3 Å². The largest absolute Gasteiger partial charge is 0.497 e. The van der Waals surface area contributed by atoms with Crippen LogP contribution in [0.25, 0.3) is 0 Å². The minimum atomic E-state index is -0.222. The number of methoxy groups -OCH3 is 2. The molecule has 0 bridgehead atoms. The Morgan fingerprint density at radius 2 is 1.95 bits per heavy atom. The van der Waals surface area contributed by atoms with Gasteiger partial charge < -0.3 is 25.0 Å². The second-order valence-electron chi connectivity index (χ2n) is 5.35. The van der Waals surface area contributed by atoms with Gasteiger partial charge >= 0.3 is 6.03 Å². The molecule has 0 unspecified atom stereocenters. The highest BCUT2D eigenvalue weighted by Crippen LogP contribution is 2.28. The van der Waals surface area contributed by atoms with E-state index < -0.39 is 0 Å². The number of nitrogens with one attached hydrogen (secondary N) is 2. The smallest absolute Gasteiger partial charge is 0.319 e. The Labute approximate surface area is 131 Å². The van der Waals surface area contributed by atoms with Crippen LogP contribution < -0.4 is 20.1 Å². The van der Waals surface area contributed by atoms with E-state index in [1.807, 2.05) is 0 Å². The molecular formula is C16H25N3O3. The van der Waals surface area contributed by atoms with Gasteiger partial charge in [0.25, 0.3) is 0 Å². The molecule has 1 aliphatic rings. The maximum absolute atomic E-state index is 11.9. The molecule has 0 aliphatic carbocycles. The van der Waals surface area contributed by atoms with Crippen LogP contribution in [0.3, 0.4) is 0 Å². The van der Waals surface area contributed by atoms with Gasteiger partial charge in [-0.1, -0.05) is 6.42 Å². The lowest BCUT2D eigenvalue weighted by Crippen LogP contribution is -2.39. The van der Waals surface area contributed by atoms with Crippen LogP contribution in [0.5, 0.6) is 11.5 Å². The molecular weight excluding hydrogens is 282 g/mol. The van der Waals surface area contributed by atoms with Crippen molar-refractivity contribution in [2.24, 2.45) is 0 Å². The topological polar surface area (TPSA) is 62.8 Å². The highest BCUT2D eigenvalue weighted by Gasteiger charge is 2.11. The summed E-state index contributed by atoms with van der Waals surface area (Å²) < 4.78 is 10.4. The number of likely N-dealkylation sites (tertiary alicyclic amines) is 1. The van der Waals surface area contributed by atoms with Crippen molar-refractivity contribution in [1.29, 1.82) is 0 Å². The van der Waals surface area contributed by atoms with E-state index in [0.717, 1.165) is 19.6 Å². The van der Waals surface area contributed by atoms with Crippen LogP contribution in [0.15, 0.2) is 18.2 Å². The number of ether oxygens (including phenoxy) is 2. The monoisotopic (exact) mass is 307 g/mol. The highest BCUT2D eigenvalue weighted by atomic mass is 16.5. The van der Waals surface area contributed by atoms with E-state index in [4.69, 9.17) is 9.47 Å². The molecule has 0 spiro atoms. The molecule has 1 heterocycles. The van der Waals surface area contributed by atoms with Crippen LogP contribution in [0.4, 0.5) is 10.5 Å². The van der Waals surface area contributed by atoms with Gasteiger partial charge in [-0.3, -0.25) is 0 Å². The number of hydrogen-bond acceptors (Lipinski definition) is 4. The SMILES string of the molecule is COc1ccc(NC(=O)NCCN2CCCCC2)c(OC)c1. The van der Waals surface area contributed by atoms with E-state index in [0.29, 0.717) is 23.7 Å². The standard InChI is InChI=1S/C16H25N3O3/c1-21-13-6-7-14(15(12-13)22-2)18-16(20)17-8-11-19-9-4-3-5-10-19/h6-7,12H,3-5,8-11H2,1-2H3,(H2,17,18,20). The van der Waals surface area contributed by atoms with Gasteiger partial charge in [0, 0.05) is 19.2 Å². The van der Waals surface area contributed by atoms with Crippen molar-refractivity contribution in [3.05, 3.63) is 18.2 Å². The number of urea groups is 1. The van der Waals surface area contributed by atoms with E-state index in [1.54, 1.807) is 32.4 Å². The minimum absolute atomic E-state index is 0.222. The minimum Gasteiger partial charge on any atom is -0.497 e. The van der Waals surface area contributed by atoms with E-state index in [1.165, 1.54) is 19.3 Å². The molecule has 0 aromatic heterocycles. The Balaban J connectivity index is 1.78. The first kappa shape index (κ1) is 16.4. The van der Waals surface area contributed by atoms with Gasteiger partial charge in [-0.2, -0.15) is 0 Å². The Morgan fingerprint density at radius 1 is 1.18 bits per heavy atom. The number of benzene rings is 1. The fourth-order valence-corrected chi connectivity index (χ4v) is 2.58. The van der Waals surface area contributed by atoms with Crippen molar-refractivity contribution in [2.75, 3.05) is 45.7 Å². The number of piperidine rings is 1. The van der Waals surface area contributed by atoms with Crippen LogP contribution >= 0.6 is 0 Å². The average Bonchev–Trinajstić information content (AvgIpc) is 2.56. The number of carbonyl (C=O) groups excluding carboxylic acids is 1. The van der Waals surface area contributed by atoms with Gasteiger partial charge in [-0.05, 0) is 38.1 Å². The van der Waals surface area contributed by atoms with Crippen LogP contribution in [-0.4, -0.2) is 51.3 Å². The molecule has 6 heteroatoms. The van der Waals surface area contributed by atoms with E-state index in [2.05, 4.69) is 15.5 Å². The molecule has 0 saturated carbocycles. The second-order valence-corrected chi connectivity index (χ2v) is 5.35. The number of anilines is 1. The van der Waals surface area contributed by atoms with E-state index >= 15 is 0 Å². The molecule has 0 atom stereocenters. The lowest BCUT2D eigenvalue weighted by Gasteiger charge is -2.26. The van der Waals surface area contributed by atoms with Crippen molar-refractivity contribution in [3.8, 4) is 11.5 Å². The summed E-state index contributed by atoms with van der Waals surface area (Å²) in [4.78, 5) is 14.3. The van der Waals surface area contributed by atoms with Gasteiger partial charge in [0.05, 0.1) is 19.9 Å². The first-order valence-corrected chi connectivity index (χ1v) is 7.72. The van der Waals surface area contributed by atoms with E-state index in [9.17, 15) is 4.79 Å². The number of amides is 2. The molecule has 1 aromatic carbocycles. The molecule has 0 radical (unpaired) electrons. The molecule has 1 saturated heterocycles. The zero-order chi connectivity index (χ0) is 15.8. The molecule has 2 N–H and O–H groups in total. The molecule has 22 heavy (non-hydrogen) atoms. The zero-order valence-electron chi connectivity index (χ0n) is 13.4. The predicted octanol–water partition coefficient (Wildman–Crippen LogP) is 2.31. The molecule has 2 amide bonds. The van der Waals surface area contributed by atoms with Crippen LogP contribution in [0.1, 0.15) is 19.3 Å². The lowest BCUT2D eigenvalue weighted by atomic mass is 10.1. The summed E-state index contributed by atoms with van der Waals surface area (Å²) in [6.45, 7) is 3.81. The Bertz CT molecular complexity index is 488. The van der Waals surface area contributed by atoms with Gasteiger partial charge in [-0.25, -0.2) is 4.79 Å². The predicted molar refractivity (Wildman–Crippen MR) is 86.9 cm³/mol. The number of hydrogen-bond donors (Lipinski definition) is 2.